The van der Waals surface area contributed by atoms with E-state index in [-0.39, 0.29) is 5.91 Å². The molecule has 0 aliphatic carbocycles. The number of amides is 1. The number of carbonyl (C=O) groups is 1. The Labute approximate surface area is 116 Å². The topological polar surface area (TPSA) is 58.4 Å². The van der Waals surface area contributed by atoms with Crippen molar-refractivity contribution in [1.29, 1.82) is 0 Å². The predicted molar refractivity (Wildman–Crippen MR) is 81.2 cm³/mol. The van der Waals surface area contributed by atoms with Crippen molar-refractivity contribution < 1.29 is 4.79 Å². The van der Waals surface area contributed by atoms with Gasteiger partial charge in [-0.3, -0.25) is 9.69 Å². The van der Waals surface area contributed by atoms with E-state index in [0.717, 1.165) is 37.2 Å². The van der Waals surface area contributed by atoms with E-state index < -0.39 is 0 Å². The van der Waals surface area contributed by atoms with Gasteiger partial charge >= 0.3 is 0 Å². The molecule has 4 nitrogen and oxygen atoms in total. The van der Waals surface area contributed by atoms with Gasteiger partial charge in [0.05, 0.1) is 6.54 Å². The van der Waals surface area contributed by atoms with Crippen molar-refractivity contribution in [3.05, 3.63) is 23.8 Å². The number of nitrogens with zero attached hydrogens (tertiary/aromatic N) is 1. The minimum atomic E-state index is 0.0200. The molecule has 1 aromatic carbocycles. The summed E-state index contributed by atoms with van der Waals surface area (Å²) in [6.07, 6.45) is 2.27. The van der Waals surface area contributed by atoms with E-state index in [1.54, 1.807) is 0 Å². The van der Waals surface area contributed by atoms with Crippen LogP contribution in [0.1, 0.15) is 32.3 Å². The zero-order valence-electron chi connectivity index (χ0n) is 12.2. The summed E-state index contributed by atoms with van der Waals surface area (Å²) in [5.41, 5.74) is 8.26. The van der Waals surface area contributed by atoms with E-state index in [4.69, 9.17) is 5.73 Å². The lowest BCUT2D eigenvalue weighted by Crippen LogP contribution is -2.34. The number of nitrogen functional groups attached to an aromatic ring is 1. The summed E-state index contributed by atoms with van der Waals surface area (Å²) < 4.78 is 0. The monoisotopic (exact) mass is 263 g/mol. The first-order valence-electron chi connectivity index (χ1n) is 6.95. The molecule has 1 aromatic rings. The van der Waals surface area contributed by atoms with Crippen LogP contribution in [0, 0.1) is 6.92 Å². The fourth-order valence-electron chi connectivity index (χ4n) is 1.91. The molecular formula is C15H25N3O. The van der Waals surface area contributed by atoms with Gasteiger partial charge in [0.1, 0.15) is 0 Å². The van der Waals surface area contributed by atoms with Gasteiger partial charge in [0, 0.05) is 11.4 Å². The molecule has 1 rings (SSSR count). The first kappa shape index (κ1) is 15.5. The number of carbonyl (C=O) groups excluding carboxylic acids is 1. The van der Waals surface area contributed by atoms with Gasteiger partial charge < -0.3 is 11.1 Å². The average molecular weight is 263 g/mol. The van der Waals surface area contributed by atoms with Gasteiger partial charge in [-0.05, 0) is 44.1 Å². The lowest BCUT2D eigenvalue weighted by atomic mass is 10.1. The minimum absolute atomic E-state index is 0.0200. The lowest BCUT2D eigenvalue weighted by molar-refractivity contribution is -0.117. The highest BCUT2D eigenvalue weighted by Crippen LogP contribution is 2.20. The summed E-state index contributed by atoms with van der Waals surface area (Å²) in [5.74, 6) is 0.0200. The molecule has 0 bridgehead atoms. The van der Waals surface area contributed by atoms with Crippen LogP contribution in [0.2, 0.25) is 0 Å². The van der Waals surface area contributed by atoms with E-state index in [1.165, 1.54) is 0 Å². The molecule has 0 atom stereocenters. The normalized spacial score (nSPS) is 10.7. The molecular weight excluding hydrogens is 238 g/mol. The molecule has 1 amide bonds. The van der Waals surface area contributed by atoms with E-state index in [1.807, 2.05) is 25.1 Å². The average Bonchev–Trinajstić information content (AvgIpc) is 2.40. The number of nitrogens with one attached hydrogen (secondary N) is 1. The van der Waals surface area contributed by atoms with Gasteiger partial charge in [0.15, 0.2) is 0 Å². The highest BCUT2D eigenvalue weighted by molar-refractivity contribution is 5.93. The Morgan fingerprint density at radius 3 is 2.74 bits per heavy atom. The third-order valence-corrected chi connectivity index (χ3v) is 3.29. The number of rotatable bonds is 7. The Morgan fingerprint density at radius 1 is 1.37 bits per heavy atom. The van der Waals surface area contributed by atoms with Crippen molar-refractivity contribution in [2.24, 2.45) is 0 Å². The smallest absolute Gasteiger partial charge is 0.238 e. The standard InChI is InChI=1S/C15H25N3O/c1-4-6-10-18(5-2)11-15(19)17-14-9-7-8-13(16)12(14)3/h7-9H,4-6,10-11,16H2,1-3H3,(H,17,19). The SMILES string of the molecule is CCCCN(CC)CC(=O)Nc1cccc(N)c1C. The highest BCUT2D eigenvalue weighted by Gasteiger charge is 2.10. The molecule has 0 spiro atoms. The summed E-state index contributed by atoms with van der Waals surface area (Å²) >= 11 is 0. The first-order chi connectivity index (χ1) is 9.08. The zero-order valence-corrected chi connectivity index (χ0v) is 12.2. The molecule has 0 saturated carbocycles. The number of benzene rings is 1. The van der Waals surface area contributed by atoms with Crippen LogP contribution >= 0.6 is 0 Å². The van der Waals surface area contributed by atoms with Gasteiger partial charge in [-0.25, -0.2) is 0 Å². The van der Waals surface area contributed by atoms with Gasteiger partial charge in [-0.2, -0.15) is 0 Å². The molecule has 0 heterocycles. The predicted octanol–water partition coefficient (Wildman–Crippen LogP) is 2.64. The molecule has 3 N–H and O–H groups in total. The largest absolute Gasteiger partial charge is 0.398 e. The highest BCUT2D eigenvalue weighted by atomic mass is 16.2. The number of nitrogens with two attached hydrogens (primary N) is 1. The summed E-state index contributed by atoms with van der Waals surface area (Å²) in [4.78, 5) is 14.2. The summed E-state index contributed by atoms with van der Waals surface area (Å²) in [6, 6.07) is 5.57. The molecule has 19 heavy (non-hydrogen) atoms. The molecule has 0 aromatic heterocycles. The third-order valence-electron chi connectivity index (χ3n) is 3.29. The maximum atomic E-state index is 12.0. The number of unbranched alkanes of at least 4 members (excludes halogenated alkanes) is 1. The van der Waals surface area contributed by atoms with Crippen LogP contribution in [0.4, 0.5) is 11.4 Å². The maximum absolute atomic E-state index is 12.0. The fraction of sp³-hybridized carbons (Fsp3) is 0.533. The molecule has 0 aliphatic rings. The van der Waals surface area contributed by atoms with Crippen molar-refractivity contribution in [3.8, 4) is 0 Å². The Bertz CT molecular complexity index is 418. The maximum Gasteiger partial charge on any atom is 0.238 e. The van der Waals surface area contributed by atoms with Gasteiger partial charge in [-0.15, -0.1) is 0 Å². The Hall–Kier alpha value is -1.55. The van der Waals surface area contributed by atoms with E-state index in [9.17, 15) is 4.79 Å². The number of anilines is 2. The first-order valence-corrected chi connectivity index (χ1v) is 6.95. The number of hydrogen-bond donors (Lipinski definition) is 2. The van der Waals surface area contributed by atoms with Crippen LogP contribution in [-0.2, 0) is 4.79 Å². The zero-order chi connectivity index (χ0) is 14.3. The second-order valence-electron chi connectivity index (χ2n) is 4.79. The van der Waals surface area contributed by atoms with Crippen LogP contribution in [-0.4, -0.2) is 30.4 Å². The number of likely N-dealkylation sites (N-methyl/N-ethyl adjacent to an activating group) is 1. The van der Waals surface area contributed by atoms with Crippen LogP contribution < -0.4 is 11.1 Å². The summed E-state index contributed by atoms with van der Waals surface area (Å²) in [6.45, 7) is 8.45. The second-order valence-corrected chi connectivity index (χ2v) is 4.79. The van der Waals surface area contributed by atoms with Crippen LogP contribution in [0.5, 0.6) is 0 Å². The van der Waals surface area contributed by atoms with Crippen molar-refractivity contribution >= 4 is 17.3 Å². The summed E-state index contributed by atoms with van der Waals surface area (Å²) in [5, 5.41) is 2.93. The van der Waals surface area contributed by atoms with Crippen molar-refractivity contribution in [2.75, 3.05) is 30.7 Å². The Morgan fingerprint density at radius 2 is 2.11 bits per heavy atom. The fourth-order valence-corrected chi connectivity index (χ4v) is 1.91. The van der Waals surface area contributed by atoms with Crippen molar-refractivity contribution in [3.63, 3.8) is 0 Å². The van der Waals surface area contributed by atoms with Gasteiger partial charge in [0.2, 0.25) is 5.91 Å². The molecule has 0 radical (unpaired) electrons. The van der Waals surface area contributed by atoms with E-state index >= 15 is 0 Å². The van der Waals surface area contributed by atoms with Crippen LogP contribution in [0.25, 0.3) is 0 Å². The lowest BCUT2D eigenvalue weighted by Gasteiger charge is -2.20. The van der Waals surface area contributed by atoms with Crippen LogP contribution in [0.3, 0.4) is 0 Å². The van der Waals surface area contributed by atoms with Crippen LogP contribution in [0.15, 0.2) is 18.2 Å². The number of hydrogen-bond acceptors (Lipinski definition) is 3. The Balaban J connectivity index is 2.56. The quantitative estimate of drug-likeness (QED) is 0.743. The van der Waals surface area contributed by atoms with E-state index in [2.05, 4.69) is 24.1 Å². The van der Waals surface area contributed by atoms with Gasteiger partial charge in [-0.1, -0.05) is 26.3 Å². The van der Waals surface area contributed by atoms with E-state index in [0.29, 0.717) is 12.2 Å². The third kappa shape index (κ3) is 4.91. The Kier molecular flexibility index (Phi) is 6.36. The molecule has 0 saturated heterocycles. The molecule has 0 unspecified atom stereocenters. The molecule has 0 aliphatic heterocycles. The van der Waals surface area contributed by atoms with Crippen molar-refractivity contribution in [1.82, 2.24) is 4.90 Å². The van der Waals surface area contributed by atoms with Gasteiger partial charge in [0.25, 0.3) is 0 Å². The second kappa shape index (κ2) is 7.79. The molecule has 0 fully saturated rings. The minimum Gasteiger partial charge on any atom is -0.398 e. The summed E-state index contributed by atoms with van der Waals surface area (Å²) in [7, 11) is 0. The molecule has 106 valence electrons. The molecule has 4 heteroatoms. The van der Waals surface area contributed by atoms with Crippen molar-refractivity contribution in [2.45, 2.75) is 33.6 Å².